The number of aromatic nitrogens is 1. The topological polar surface area (TPSA) is 34.1 Å². The standard InChI is InChI=1S/C15H16N2O/c1-2-5-11-10(4-1)15-14-12(17-11)6-3-7-13(14)18-9-8-16-15/h1-2,4-5,13,16H,3,6-9H2. The van der Waals surface area contributed by atoms with E-state index in [0.29, 0.717) is 0 Å². The summed E-state index contributed by atoms with van der Waals surface area (Å²) in [6.07, 6.45) is 3.63. The lowest BCUT2D eigenvalue weighted by Crippen LogP contribution is -2.14. The molecule has 1 N–H and O–H groups in total. The Labute approximate surface area is 106 Å². The minimum absolute atomic E-state index is 0.246. The smallest absolute Gasteiger partial charge is 0.0864 e. The summed E-state index contributed by atoms with van der Waals surface area (Å²) in [6.45, 7) is 1.67. The van der Waals surface area contributed by atoms with E-state index >= 15 is 0 Å². The van der Waals surface area contributed by atoms with Gasteiger partial charge in [0.25, 0.3) is 0 Å². The fourth-order valence-electron chi connectivity index (χ4n) is 3.15. The second-order valence-corrected chi connectivity index (χ2v) is 5.04. The zero-order chi connectivity index (χ0) is 11.9. The van der Waals surface area contributed by atoms with Crippen LogP contribution in [0, 0.1) is 0 Å². The van der Waals surface area contributed by atoms with E-state index in [1.807, 2.05) is 0 Å². The molecular weight excluding hydrogens is 224 g/mol. The molecule has 92 valence electrons. The third kappa shape index (κ3) is 1.44. The molecule has 0 fully saturated rings. The molecule has 0 saturated heterocycles. The number of hydrogen-bond acceptors (Lipinski definition) is 3. The van der Waals surface area contributed by atoms with E-state index in [0.717, 1.165) is 31.5 Å². The van der Waals surface area contributed by atoms with Gasteiger partial charge in [0.05, 0.1) is 23.9 Å². The van der Waals surface area contributed by atoms with Crippen LogP contribution in [-0.2, 0) is 11.2 Å². The maximum absolute atomic E-state index is 5.96. The molecule has 1 unspecified atom stereocenters. The Morgan fingerprint density at radius 3 is 3.22 bits per heavy atom. The summed E-state index contributed by atoms with van der Waals surface area (Å²) in [6, 6.07) is 8.39. The lowest BCUT2D eigenvalue weighted by Gasteiger charge is -2.25. The Hall–Kier alpha value is -1.61. The van der Waals surface area contributed by atoms with Gasteiger partial charge in [-0.2, -0.15) is 0 Å². The summed E-state index contributed by atoms with van der Waals surface area (Å²) < 4.78 is 5.96. The normalized spacial score (nSPS) is 22.1. The lowest BCUT2D eigenvalue weighted by molar-refractivity contribution is 0.0512. The number of benzene rings is 1. The quantitative estimate of drug-likeness (QED) is 0.768. The Morgan fingerprint density at radius 1 is 1.28 bits per heavy atom. The lowest BCUT2D eigenvalue weighted by atomic mass is 9.90. The van der Waals surface area contributed by atoms with Crippen LogP contribution in [0.4, 0.5) is 5.69 Å². The van der Waals surface area contributed by atoms with Gasteiger partial charge >= 0.3 is 0 Å². The summed E-state index contributed by atoms with van der Waals surface area (Å²) in [5.74, 6) is 0. The number of rotatable bonds is 0. The summed E-state index contributed by atoms with van der Waals surface area (Å²) >= 11 is 0. The fraction of sp³-hybridized carbons (Fsp3) is 0.400. The molecule has 2 aromatic rings. The fourth-order valence-corrected chi connectivity index (χ4v) is 3.15. The Bertz CT molecular complexity index is 609. The molecule has 3 nitrogen and oxygen atoms in total. The second kappa shape index (κ2) is 3.95. The number of fused-ring (bicyclic) bond motifs is 2. The molecule has 1 aliphatic carbocycles. The van der Waals surface area contributed by atoms with Gasteiger partial charge in [-0.25, -0.2) is 0 Å². The van der Waals surface area contributed by atoms with E-state index in [1.54, 1.807) is 0 Å². The molecule has 1 atom stereocenters. The van der Waals surface area contributed by atoms with Gasteiger partial charge in [-0.05, 0) is 25.3 Å². The van der Waals surface area contributed by atoms with E-state index in [1.165, 1.54) is 28.8 Å². The SMILES string of the molecule is c1ccc2c3c4c(nc2c1)CCCC4OCCN3. The number of nitrogens with one attached hydrogen (secondary N) is 1. The number of para-hydroxylation sites is 1. The van der Waals surface area contributed by atoms with Gasteiger partial charge in [0.2, 0.25) is 0 Å². The molecule has 0 bridgehead atoms. The van der Waals surface area contributed by atoms with Crippen LogP contribution in [0.3, 0.4) is 0 Å². The molecule has 1 aromatic carbocycles. The molecule has 1 aromatic heterocycles. The van der Waals surface area contributed by atoms with E-state index in [4.69, 9.17) is 9.72 Å². The number of hydrogen-bond donors (Lipinski definition) is 1. The maximum Gasteiger partial charge on any atom is 0.0864 e. The zero-order valence-corrected chi connectivity index (χ0v) is 10.3. The van der Waals surface area contributed by atoms with E-state index < -0.39 is 0 Å². The van der Waals surface area contributed by atoms with Crippen molar-refractivity contribution in [2.24, 2.45) is 0 Å². The molecule has 0 saturated carbocycles. The van der Waals surface area contributed by atoms with Gasteiger partial charge in [0.1, 0.15) is 0 Å². The predicted octanol–water partition coefficient (Wildman–Crippen LogP) is 3.05. The highest BCUT2D eigenvalue weighted by Gasteiger charge is 2.28. The molecule has 1 aliphatic heterocycles. The zero-order valence-electron chi connectivity index (χ0n) is 10.3. The maximum atomic E-state index is 5.96. The minimum Gasteiger partial charge on any atom is -0.382 e. The molecule has 0 spiro atoms. The Balaban J connectivity index is 2.07. The van der Waals surface area contributed by atoms with Gasteiger partial charge in [0.15, 0.2) is 0 Å². The highest BCUT2D eigenvalue weighted by atomic mass is 16.5. The van der Waals surface area contributed by atoms with Crippen molar-refractivity contribution in [3.05, 3.63) is 35.5 Å². The van der Waals surface area contributed by atoms with Crippen LogP contribution in [0.2, 0.25) is 0 Å². The number of nitrogens with zero attached hydrogens (tertiary/aromatic N) is 1. The van der Waals surface area contributed by atoms with E-state index in [-0.39, 0.29) is 6.10 Å². The van der Waals surface area contributed by atoms with Crippen LogP contribution in [0.15, 0.2) is 24.3 Å². The predicted molar refractivity (Wildman–Crippen MR) is 71.9 cm³/mol. The number of pyridine rings is 1. The Morgan fingerprint density at radius 2 is 2.22 bits per heavy atom. The molecule has 18 heavy (non-hydrogen) atoms. The molecule has 0 radical (unpaired) electrons. The van der Waals surface area contributed by atoms with Crippen LogP contribution in [0.5, 0.6) is 0 Å². The molecule has 4 rings (SSSR count). The van der Waals surface area contributed by atoms with Gasteiger partial charge < -0.3 is 10.1 Å². The van der Waals surface area contributed by atoms with Gasteiger partial charge in [-0.3, -0.25) is 4.98 Å². The highest BCUT2D eigenvalue weighted by molar-refractivity contribution is 5.93. The van der Waals surface area contributed by atoms with Crippen molar-refractivity contribution in [2.45, 2.75) is 25.4 Å². The van der Waals surface area contributed by atoms with Crippen molar-refractivity contribution >= 4 is 16.6 Å². The average molecular weight is 240 g/mol. The first-order valence-electron chi connectivity index (χ1n) is 6.70. The molecular formula is C15H16N2O. The summed E-state index contributed by atoms with van der Waals surface area (Å²) in [7, 11) is 0. The van der Waals surface area contributed by atoms with Crippen LogP contribution < -0.4 is 5.32 Å². The second-order valence-electron chi connectivity index (χ2n) is 5.04. The first-order valence-corrected chi connectivity index (χ1v) is 6.70. The molecule has 0 amide bonds. The van der Waals surface area contributed by atoms with Gasteiger partial charge in [-0.1, -0.05) is 18.2 Å². The minimum atomic E-state index is 0.246. The van der Waals surface area contributed by atoms with Crippen molar-refractivity contribution in [2.75, 3.05) is 18.5 Å². The number of ether oxygens (including phenoxy) is 1. The summed E-state index contributed by atoms with van der Waals surface area (Å²) in [5, 5.41) is 4.77. The highest BCUT2D eigenvalue weighted by Crippen LogP contribution is 2.41. The Kier molecular flexibility index (Phi) is 2.27. The third-order valence-corrected chi connectivity index (χ3v) is 3.93. The molecule has 2 aliphatic rings. The number of anilines is 1. The molecule has 2 heterocycles. The summed E-state index contributed by atoms with van der Waals surface area (Å²) in [4.78, 5) is 4.83. The van der Waals surface area contributed by atoms with Crippen molar-refractivity contribution in [3.8, 4) is 0 Å². The van der Waals surface area contributed by atoms with Crippen LogP contribution in [0.1, 0.15) is 30.2 Å². The van der Waals surface area contributed by atoms with Gasteiger partial charge in [-0.15, -0.1) is 0 Å². The first-order chi connectivity index (χ1) is 8.93. The average Bonchev–Trinajstić information content (AvgIpc) is 2.63. The first kappa shape index (κ1) is 10.3. The van der Waals surface area contributed by atoms with Crippen molar-refractivity contribution in [3.63, 3.8) is 0 Å². The largest absolute Gasteiger partial charge is 0.382 e. The van der Waals surface area contributed by atoms with Crippen LogP contribution in [0.25, 0.3) is 10.9 Å². The van der Waals surface area contributed by atoms with E-state index in [2.05, 4.69) is 29.6 Å². The summed E-state index contributed by atoms with van der Waals surface area (Å²) in [5.41, 5.74) is 4.91. The number of aryl methyl sites for hydroxylation is 1. The van der Waals surface area contributed by atoms with Crippen LogP contribution in [-0.4, -0.2) is 18.1 Å². The monoisotopic (exact) mass is 240 g/mol. The molecule has 3 heteroatoms. The van der Waals surface area contributed by atoms with Crippen molar-refractivity contribution < 1.29 is 4.74 Å². The van der Waals surface area contributed by atoms with Crippen LogP contribution >= 0.6 is 0 Å². The van der Waals surface area contributed by atoms with Crippen molar-refractivity contribution in [1.82, 2.24) is 4.98 Å². The van der Waals surface area contributed by atoms with Gasteiger partial charge in [0, 0.05) is 23.2 Å². The van der Waals surface area contributed by atoms with Crippen molar-refractivity contribution in [1.29, 1.82) is 0 Å². The van der Waals surface area contributed by atoms with E-state index in [9.17, 15) is 0 Å². The third-order valence-electron chi connectivity index (χ3n) is 3.93.